The highest BCUT2D eigenvalue weighted by atomic mass is 16.7. The maximum absolute atomic E-state index is 12.2. The van der Waals surface area contributed by atoms with Gasteiger partial charge in [-0.3, -0.25) is 9.59 Å². The van der Waals surface area contributed by atoms with E-state index in [-0.39, 0.29) is 17.5 Å². The molecule has 0 spiro atoms. The molecule has 0 bridgehead atoms. The van der Waals surface area contributed by atoms with Gasteiger partial charge in [0.1, 0.15) is 0 Å². The quantitative estimate of drug-likeness (QED) is 0.363. The van der Waals surface area contributed by atoms with E-state index < -0.39 is 18.0 Å². The fraction of sp³-hybridized carbons (Fsp3) is 0.429. The summed E-state index contributed by atoms with van der Waals surface area (Å²) in [6, 6.07) is 6.47. The zero-order valence-corrected chi connectivity index (χ0v) is 12.5. The minimum absolute atomic E-state index is 0.0106. The van der Waals surface area contributed by atoms with E-state index in [4.69, 9.17) is 9.94 Å². The van der Waals surface area contributed by atoms with Gasteiger partial charge in [-0.2, -0.15) is 0 Å². The standard InChI is InChI=1S/C14H16N4O5/c1-9(23-15-18(22)16-6-10(7-16)8-19)17-13(20)11-4-2-3-5-12(11)14(17)21/h2-5,9-10,19H,6-8H2,1H3/b18-15+. The molecule has 1 unspecified atom stereocenters. The topological polar surface area (TPSA) is 109 Å². The number of fused-ring (bicyclic) bond motifs is 1. The Labute approximate surface area is 131 Å². The molecule has 2 amide bonds. The summed E-state index contributed by atoms with van der Waals surface area (Å²) >= 11 is 0. The smallest absolute Gasteiger partial charge is 0.264 e. The van der Waals surface area contributed by atoms with Crippen LogP contribution >= 0.6 is 0 Å². The van der Waals surface area contributed by atoms with E-state index in [0.29, 0.717) is 24.2 Å². The largest absolute Gasteiger partial charge is 0.569 e. The van der Waals surface area contributed by atoms with Crippen molar-refractivity contribution < 1.29 is 24.5 Å². The van der Waals surface area contributed by atoms with E-state index in [0.717, 1.165) is 4.90 Å². The summed E-state index contributed by atoms with van der Waals surface area (Å²) in [5.74, 6) is -0.902. The molecule has 0 saturated carbocycles. The van der Waals surface area contributed by atoms with Gasteiger partial charge in [0.05, 0.1) is 29.2 Å². The van der Waals surface area contributed by atoms with Crippen LogP contribution in [0.4, 0.5) is 0 Å². The molecule has 2 aliphatic rings. The second-order valence-corrected chi connectivity index (χ2v) is 5.49. The first-order valence-corrected chi connectivity index (χ1v) is 7.19. The predicted octanol–water partition coefficient (Wildman–Crippen LogP) is 0.362. The van der Waals surface area contributed by atoms with E-state index in [9.17, 15) is 14.8 Å². The molecule has 9 nitrogen and oxygen atoms in total. The van der Waals surface area contributed by atoms with Crippen LogP contribution in [0, 0.1) is 11.1 Å². The van der Waals surface area contributed by atoms with Crippen LogP contribution < -0.4 is 0 Å². The summed E-state index contributed by atoms with van der Waals surface area (Å²) in [6.07, 6.45) is -1.01. The zero-order chi connectivity index (χ0) is 16.6. The van der Waals surface area contributed by atoms with Crippen molar-refractivity contribution in [1.29, 1.82) is 0 Å². The lowest BCUT2D eigenvalue weighted by Crippen LogP contribution is -2.51. The highest BCUT2D eigenvalue weighted by molar-refractivity contribution is 6.21. The monoisotopic (exact) mass is 320 g/mol. The van der Waals surface area contributed by atoms with E-state index in [2.05, 4.69) is 5.28 Å². The van der Waals surface area contributed by atoms with Gasteiger partial charge >= 0.3 is 0 Å². The van der Waals surface area contributed by atoms with Gasteiger partial charge in [-0.15, -0.1) is 5.01 Å². The first kappa shape index (κ1) is 15.2. The first-order chi connectivity index (χ1) is 11.0. The van der Waals surface area contributed by atoms with Crippen molar-refractivity contribution in [3.8, 4) is 0 Å². The number of amides is 2. The third kappa shape index (κ3) is 2.59. The first-order valence-electron chi connectivity index (χ1n) is 7.19. The van der Waals surface area contributed by atoms with Crippen LogP contribution in [0.15, 0.2) is 29.5 Å². The van der Waals surface area contributed by atoms with Gasteiger partial charge in [-0.1, -0.05) is 12.1 Å². The van der Waals surface area contributed by atoms with Crippen LogP contribution in [0.3, 0.4) is 0 Å². The minimum atomic E-state index is -1.01. The Hall–Kier alpha value is -2.68. The van der Waals surface area contributed by atoms with Crippen molar-refractivity contribution in [3.05, 3.63) is 40.6 Å². The molecule has 1 aromatic carbocycles. The second kappa shape index (κ2) is 5.84. The third-order valence-corrected chi connectivity index (χ3v) is 3.90. The number of aliphatic hydroxyl groups excluding tert-OH is 1. The second-order valence-electron chi connectivity index (χ2n) is 5.49. The molecule has 2 heterocycles. The Bertz CT molecular complexity index is 636. The Morgan fingerprint density at radius 2 is 1.91 bits per heavy atom. The fourth-order valence-electron chi connectivity index (χ4n) is 2.54. The van der Waals surface area contributed by atoms with Crippen LogP contribution in [0.5, 0.6) is 0 Å². The summed E-state index contributed by atoms with van der Waals surface area (Å²) in [6.45, 7) is 2.24. The molecule has 9 heteroatoms. The van der Waals surface area contributed by atoms with E-state index in [1.807, 2.05) is 0 Å². The summed E-state index contributed by atoms with van der Waals surface area (Å²) in [5, 5.41) is 25.3. The fourth-order valence-corrected chi connectivity index (χ4v) is 2.54. The number of hydrazine groups is 1. The lowest BCUT2D eigenvalue weighted by molar-refractivity contribution is -0.728. The number of aliphatic hydroxyl groups is 1. The van der Waals surface area contributed by atoms with Crippen LogP contribution in [0.25, 0.3) is 0 Å². The highest BCUT2D eigenvalue weighted by Gasteiger charge is 2.40. The van der Waals surface area contributed by atoms with Crippen molar-refractivity contribution >= 4 is 11.8 Å². The lowest BCUT2D eigenvalue weighted by atomic mass is 10.0. The Morgan fingerprint density at radius 1 is 1.35 bits per heavy atom. The molecule has 0 aromatic heterocycles. The average molecular weight is 320 g/mol. The molecule has 0 aliphatic carbocycles. The van der Waals surface area contributed by atoms with E-state index >= 15 is 0 Å². The SMILES string of the molecule is CC(O/N=[N+](/[O-])N1CC(CO)C1)N1C(=O)c2ccccc2C1=O. The molecule has 3 rings (SSSR count). The van der Waals surface area contributed by atoms with Crippen molar-refractivity contribution in [2.45, 2.75) is 13.2 Å². The normalized spacial score (nSPS) is 19.7. The van der Waals surface area contributed by atoms with E-state index in [1.54, 1.807) is 24.3 Å². The molecule has 2 aliphatic heterocycles. The van der Waals surface area contributed by atoms with Gasteiger partial charge in [0, 0.05) is 12.5 Å². The van der Waals surface area contributed by atoms with Gasteiger partial charge in [0.2, 0.25) is 11.5 Å². The molecule has 122 valence electrons. The number of benzene rings is 1. The van der Waals surface area contributed by atoms with Gasteiger partial charge < -0.3 is 15.2 Å². The number of hydrogen-bond acceptors (Lipinski definition) is 6. The molecular weight excluding hydrogens is 304 g/mol. The van der Waals surface area contributed by atoms with Gasteiger partial charge in [0.25, 0.3) is 11.8 Å². The molecule has 1 saturated heterocycles. The molecule has 1 fully saturated rings. The van der Waals surface area contributed by atoms with E-state index in [1.165, 1.54) is 11.9 Å². The summed E-state index contributed by atoms with van der Waals surface area (Å²) in [5.41, 5.74) is 0.612. The minimum Gasteiger partial charge on any atom is -0.569 e. The summed E-state index contributed by atoms with van der Waals surface area (Å²) < 4.78 is 0. The van der Waals surface area contributed by atoms with Gasteiger partial charge in [0.15, 0.2) is 0 Å². The third-order valence-electron chi connectivity index (χ3n) is 3.90. The zero-order valence-electron chi connectivity index (χ0n) is 12.5. The molecule has 1 atom stereocenters. The van der Waals surface area contributed by atoms with Crippen LogP contribution in [-0.4, -0.2) is 57.7 Å². The number of carbonyl (C=O) groups excluding carboxylic acids is 2. The van der Waals surface area contributed by atoms with Crippen LogP contribution in [-0.2, 0) is 4.84 Å². The van der Waals surface area contributed by atoms with Crippen molar-refractivity contribution in [2.24, 2.45) is 11.2 Å². The number of nitrogens with zero attached hydrogens (tertiary/aromatic N) is 4. The number of carbonyl (C=O) groups is 2. The molecule has 23 heavy (non-hydrogen) atoms. The van der Waals surface area contributed by atoms with Gasteiger partial charge in [-0.25, -0.2) is 4.90 Å². The van der Waals surface area contributed by atoms with Crippen LogP contribution in [0.1, 0.15) is 27.6 Å². The Balaban J connectivity index is 1.64. The summed E-state index contributed by atoms with van der Waals surface area (Å²) in [7, 11) is 0. The highest BCUT2D eigenvalue weighted by Crippen LogP contribution is 2.25. The lowest BCUT2D eigenvalue weighted by Gasteiger charge is -2.32. The number of hydrogen-bond donors (Lipinski definition) is 1. The Kier molecular flexibility index (Phi) is 3.87. The van der Waals surface area contributed by atoms with Crippen molar-refractivity contribution in [2.75, 3.05) is 19.7 Å². The van der Waals surface area contributed by atoms with Gasteiger partial charge in [-0.05, 0) is 19.1 Å². The molecule has 1 N–H and O–H groups in total. The van der Waals surface area contributed by atoms with Crippen molar-refractivity contribution in [3.63, 3.8) is 0 Å². The average Bonchev–Trinajstić information content (AvgIpc) is 2.76. The van der Waals surface area contributed by atoms with Crippen molar-refractivity contribution in [1.82, 2.24) is 9.91 Å². The summed E-state index contributed by atoms with van der Waals surface area (Å²) in [4.78, 5) is 30.7. The molecule has 1 aromatic rings. The number of imide groups is 1. The molecule has 0 radical (unpaired) electrons. The number of rotatable bonds is 5. The maximum atomic E-state index is 12.2. The predicted molar refractivity (Wildman–Crippen MR) is 75.7 cm³/mol. The molecular formula is C14H16N4O5. The Morgan fingerprint density at radius 3 is 2.43 bits per heavy atom. The van der Waals surface area contributed by atoms with Crippen LogP contribution in [0.2, 0.25) is 0 Å². The maximum Gasteiger partial charge on any atom is 0.264 e.